The molecule has 1 saturated heterocycles. The maximum absolute atomic E-state index is 6.33. The number of hydrogen-bond acceptors (Lipinski definition) is 2. The van der Waals surface area contributed by atoms with Gasteiger partial charge in [0.15, 0.2) is 0 Å². The average Bonchev–Trinajstić information content (AvgIpc) is 2.50. The van der Waals surface area contributed by atoms with E-state index in [4.69, 9.17) is 5.73 Å². The lowest BCUT2D eigenvalue weighted by Crippen LogP contribution is -2.44. The normalized spacial score (nSPS) is 41.1. The molecule has 0 bridgehead atoms. The van der Waals surface area contributed by atoms with Gasteiger partial charge in [0.05, 0.1) is 0 Å². The summed E-state index contributed by atoms with van der Waals surface area (Å²) in [5.41, 5.74) is 6.33. The van der Waals surface area contributed by atoms with Crippen molar-refractivity contribution in [2.75, 3.05) is 19.6 Å². The predicted molar refractivity (Wildman–Crippen MR) is 73.9 cm³/mol. The van der Waals surface area contributed by atoms with Crippen LogP contribution in [0.15, 0.2) is 0 Å². The molecule has 0 spiro atoms. The van der Waals surface area contributed by atoms with E-state index in [1.807, 2.05) is 0 Å². The Labute approximate surface area is 107 Å². The average molecular weight is 238 g/mol. The Morgan fingerprint density at radius 1 is 1.00 bits per heavy atom. The first-order chi connectivity index (χ1) is 8.16. The first-order valence-electron chi connectivity index (χ1n) is 7.64. The third-order valence-electron chi connectivity index (χ3n) is 5.13. The van der Waals surface area contributed by atoms with Crippen LogP contribution < -0.4 is 5.73 Å². The van der Waals surface area contributed by atoms with Crippen LogP contribution in [0.4, 0.5) is 0 Å². The first-order valence-corrected chi connectivity index (χ1v) is 7.64. The molecule has 17 heavy (non-hydrogen) atoms. The van der Waals surface area contributed by atoms with Crippen molar-refractivity contribution in [3.8, 4) is 0 Å². The molecule has 0 radical (unpaired) electrons. The predicted octanol–water partition coefficient (Wildman–Crippen LogP) is 2.87. The second kappa shape index (κ2) is 6.19. The number of nitrogens with two attached hydrogens (primary N) is 1. The molecule has 2 nitrogen and oxygen atoms in total. The molecule has 4 atom stereocenters. The summed E-state index contributed by atoms with van der Waals surface area (Å²) in [5, 5.41) is 0. The van der Waals surface area contributed by atoms with E-state index in [0.29, 0.717) is 6.04 Å². The molecule has 2 heteroatoms. The van der Waals surface area contributed by atoms with Gasteiger partial charge in [-0.05, 0) is 43.6 Å². The van der Waals surface area contributed by atoms with Gasteiger partial charge < -0.3 is 10.6 Å². The number of piperidine rings is 1. The third-order valence-corrected chi connectivity index (χ3v) is 5.13. The fourth-order valence-corrected chi connectivity index (χ4v) is 3.49. The van der Waals surface area contributed by atoms with Crippen LogP contribution in [-0.2, 0) is 0 Å². The molecular formula is C15H30N2. The summed E-state index contributed by atoms with van der Waals surface area (Å²) in [6.45, 7) is 8.67. The fraction of sp³-hybridized carbons (Fsp3) is 1.00. The number of rotatable bonds is 2. The van der Waals surface area contributed by atoms with Crippen LogP contribution >= 0.6 is 0 Å². The van der Waals surface area contributed by atoms with E-state index in [1.54, 1.807) is 0 Å². The van der Waals surface area contributed by atoms with Gasteiger partial charge in [0.1, 0.15) is 0 Å². The molecule has 2 fully saturated rings. The monoisotopic (exact) mass is 238 g/mol. The molecule has 2 aliphatic rings. The van der Waals surface area contributed by atoms with Crippen molar-refractivity contribution in [1.29, 1.82) is 0 Å². The molecule has 1 saturated carbocycles. The Morgan fingerprint density at radius 3 is 2.53 bits per heavy atom. The number of likely N-dealkylation sites (tertiary alicyclic amines) is 1. The van der Waals surface area contributed by atoms with Crippen LogP contribution in [0, 0.1) is 17.8 Å². The molecule has 100 valence electrons. The highest BCUT2D eigenvalue weighted by Gasteiger charge is 2.27. The summed E-state index contributed by atoms with van der Waals surface area (Å²) in [5.74, 6) is 2.54. The minimum absolute atomic E-state index is 0.465. The highest BCUT2D eigenvalue weighted by atomic mass is 15.1. The van der Waals surface area contributed by atoms with Gasteiger partial charge in [-0.2, -0.15) is 0 Å². The molecule has 4 unspecified atom stereocenters. The van der Waals surface area contributed by atoms with Crippen molar-refractivity contribution in [3.05, 3.63) is 0 Å². The summed E-state index contributed by atoms with van der Waals surface area (Å²) in [6, 6.07) is 0.465. The Balaban J connectivity index is 1.83. The second-order valence-corrected chi connectivity index (χ2v) is 6.56. The van der Waals surface area contributed by atoms with E-state index in [9.17, 15) is 0 Å². The lowest BCUT2D eigenvalue weighted by Gasteiger charge is -2.38. The van der Waals surface area contributed by atoms with Gasteiger partial charge in [0.25, 0.3) is 0 Å². The van der Waals surface area contributed by atoms with Gasteiger partial charge in [0, 0.05) is 19.1 Å². The van der Waals surface area contributed by atoms with Crippen LogP contribution in [0.1, 0.15) is 52.4 Å². The summed E-state index contributed by atoms with van der Waals surface area (Å²) < 4.78 is 0. The van der Waals surface area contributed by atoms with Gasteiger partial charge in [0.2, 0.25) is 0 Å². The maximum Gasteiger partial charge on any atom is 0.00793 e. The van der Waals surface area contributed by atoms with Gasteiger partial charge in [-0.3, -0.25) is 0 Å². The van der Waals surface area contributed by atoms with Crippen LogP contribution in [0.25, 0.3) is 0 Å². The lowest BCUT2D eigenvalue weighted by atomic mass is 9.87. The van der Waals surface area contributed by atoms with Gasteiger partial charge in [-0.25, -0.2) is 0 Å². The smallest absolute Gasteiger partial charge is 0.00793 e. The largest absolute Gasteiger partial charge is 0.327 e. The number of nitrogens with zero attached hydrogens (tertiary/aromatic N) is 1. The molecule has 2 rings (SSSR count). The third kappa shape index (κ3) is 3.69. The molecule has 1 aliphatic carbocycles. The van der Waals surface area contributed by atoms with E-state index in [2.05, 4.69) is 18.7 Å². The van der Waals surface area contributed by atoms with E-state index in [1.165, 1.54) is 58.2 Å². The molecule has 0 aromatic heterocycles. The van der Waals surface area contributed by atoms with Crippen molar-refractivity contribution >= 4 is 0 Å². The minimum Gasteiger partial charge on any atom is -0.327 e. The Morgan fingerprint density at radius 2 is 1.76 bits per heavy atom. The zero-order valence-electron chi connectivity index (χ0n) is 11.7. The van der Waals surface area contributed by atoms with E-state index in [-0.39, 0.29) is 0 Å². The van der Waals surface area contributed by atoms with Crippen LogP contribution in [0.5, 0.6) is 0 Å². The molecule has 1 heterocycles. The van der Waals surface area contributed by atoms with Crippen molar-refractivity contribution < 1.29 is 0 Å². The van der Waals surface area contributed by atoms with Gasteiger partial charge >= 0.3 is 0 Å². The fourth-order valence-electron chi connectivity index (χ4n) is 3.49. The van der Waals surface area contributed by atoms with Gasteiger partial charge in [-0.1, -0.05) is 33.1 Å². The zero-order valence-corrected chi connectivity index (χ0v) is 11.7. The molecule has 0 amide bonds. The summed E-state index contributed by atoms with van der Waals surface area (Å²) in [6.07, 6.45) is 8.15. The summed E-state index contributed by atoms with van der Waals surface area (Å²) in [7, 11) is 0. The van der Waals surface area contributed by atoms with Crippen molar-refractivity contribution in [3.63, 3.8) is 0 Å². The van der Waals surface area contributed by atoms with E-state index in [0.717, 1.165) is 17.8 Å². The molecule has 2 N–H and O–H groups in total. The molecular weight excluding hydrogens is 208 g/mol. The van der Waals surface area contributed by atoms with E-state index >= 15 is 0 Å². The van der Waals surface area contributed by atoms with Gasteiger partial charge in [-0.15, -0.1) is 0 Å². The SMILES string of the molecule is CC1CCN(CC2CCCCCC2N)CC1C. The van der Waals surface area contributed by atoms with Crippen molar-refractivity contribution in [1.82, 2.24) is 4.90 Å². The minimum atomic E-state index is 0.465. The highest BCUT2D eigenvalue weighted by Crippen LogP contribution is 2.27. The Hall–Kier alpha value is -0.0800. The van der Waals surface area contributed by atoms with Crippen molar-refractivity contribution in [2.24, 2.45) is 23.5 Å². The zero-order chi connectivity index (χ0) is 12.3. The second-order valence-electron chi connectivity index (χ2n) is 6.56. The molecule has 1 aliphatic heterocycles. The number of hydrogen-bond donors (Lipinski definition) is 1. The maximum atomic E-state index is 6.33. The first kappa shape index (κ1) is 13.4. The Bertz CT molecular complexity index is 229. The summed E-state index contributed by atoms with van der Waals surface area (Å²) in [4.78, 5) is 2.68. The quantitative estimate of drug-likeness (QED) is 0.750. The summed E-state index contributed by atoms with van der Waals surface area (Å²) >= 11 is 0. The van der Waals surface area contributed by atoms with Crippen molar-refractivity contribution in [2.45, 2.75) is 58.4 Å². The molecule has 0 aromatic carbocycles. The van der Waals surface area contributed by atoms with Crippen LogP contribution in [0.3, 0.4) is 0 Å². The standard InChI is InChI=1S/C15H30N2/c1-12-8-9-17(10-13(12)2)11-14-6-4-3-5-7-15(14)16/h12-15H,3-11,16H2,1-2H3. The highest BCUT2D eigenvalue weighted by molar-refractivity contribution is 4.82. The topological polar surface area (TPSA) is 29.3 Å². The van der Waals surface area contributed by atoms with E-state index < -0.39 is 0 Å². The van der Waals surface area contributed by atoms with Crippen LogP contribution in [0.2, 0.25) is 0 Å². The molecule has 0 aromatic rings. The van der Waals surface area contributed by atoms with Crippen LogP contribution in [-0.4, -0.2) is 30.6 Å². The Kier molecular flexibility index (Phi) is 4.87. The lowest BCUT2D eigenvalue weighted by molar-refractivity contribution is 0.112.